The van der Waals surface area contributed by atoms with Crippen molar-refractivity contribution in [3.05, 3.63) is 59.2 Å². The molecule has 1 aromatic rings. The second-order valence-corrected chi connectivity index (χ2v) is 8.05. The molecule has 0 saturated heterocycles. The van der Waals surface area contributed by atoms with Crippen LogP contribution in [0.3, 0.4) is 0 Å². The average Bonchev–Trinajstić information content (AvgIpc) is 2.59. The molecule has 30 heavy (non-hydrogen) atoms. The van der Waals surface area contributed by atoms with E-state index in [-0.39, 0.29) is 5.56 Å². The first-order valence-corrected chi connectivity index (χ1v) is 9.12. The molecule has 0 aromatic heterocycles. The van der Waals surface area contributed by atoms with E-state index in [1.165, 1.54) is 6.07 Å². The Hall–Kier alpha value is -1.53. The minimum absolute atomic E-state index is 0.0884. The van der Waals surface area contributed by atoms with Crippen LogP contribution < -0.4 is 0 Å². The van der Waals surface area contributed by atoms with E-state index in [4.69, 9.17) is 0 Å². The monoisotopic (exact) mass is 511 g/mol. The van der Waals surface area contributed by atoms with Gasteiger partial charge in [0.1, 0.15) is 0 Å². The lowest BCUT2D eigenvalue weighted by Gasteiger charge is -2.41. The number of aliphatic hydroxyl groups excluding tert-OH is 1. The molecule has 1 aromatic carbocycles. The average molecular weight is 512 g/mol. The van der Waals surface area contributed by atoms with Crippen molar-refractivity contribution < 1.29 is 44.6 Å². The van der Waals surface area contributed by atoms with E-state index in [9.17, 15) is 44.6 Å². The van der Waals surface area contributed by atoms with Gasteiger partial charge in [0.2, 0.25) is 0 Å². The van der Waals surface area contributed by atoms with Crippen molar-refractivity contribution >= 4 is 15.9 Å². The minimum atomic E-state index is -5.07. The van der Waals surface area contributed by atoms with Crippen LogP contribution >= 0.6 is 15.9 Å². The number of allylic oxidation sites excluding steroid dienone is 2. The molecule has 2 nitrogen and oxygen atoms in total. The van der Waals surface area contributed by atoms with Gasteiger partial charge in [-0.3, -0.25) is 4.90 Å². The van der Waals surface area contributed by atoms with Gasteiger partial charge in [0, 0.05) is 25.1 Å². The summed E-state index contributed by atoms with van der Waals surface area (Å²) in [5.41, 5.74) is -2.19. The van der Waals surface area contributed by atoms with Gasteiger partial charge in [-0.15, -0.1) is 0 Å². The van der Waals surface area contributed by atoms with Gasteiger partial charge in [-0.25, -0.2) is 0 Å². The minimum Gasteiger partial charge on any atom is -0.382 e. The van der Waals surface area contributed by atoms with E-state index in [2.05, 4.69) is 15.9 Å². The molecule has 0 radical (unpaired) electrons. The van der Waals surface area contributed by atoms with Gasteiger partial charge in [-0.2, -0.15) is 39.5 Å². The van der Waals surface area contributed by atoms with Crippen LogP contribution in [-0.2, 0) is 12.7 Å². The predicted molar refractivity (Wildman–Crippen MR) is 93.5 cm³/mol. The second kappa shape index (κ2) is 8.54. The highest BCUT2D eigenvalue weighted by Crippen LogP contribution is 2.42. The standard InChI is InChI=1S/C18H15BrF9NO/c19-15(6-2-5-13(8-15)17(23,24)25)29(10-14(30)18(26,27)28)9-11-3-1-4-12(7-11)16(20,21)22/h1-7,14,30H,8-10H2. The van der Waals surface area contributed by atoms with E-state index >= 15 is 0 Å². The fraction of sp³-hybridized carbons (Fsp3) is 0.444. The van der Waals surface area contributed by atoms with E-state index in [0.29, 0.717) is 6.07 Å². The molecule has 0 fully saturated rings. The smallest absolute Gasteiger partial charge is 0.382 e. The lowest BCUT2D eigenvalue weighted by Crippen LogP contribution is -2.50. The molecule has 12 heteroatoms. The van der Waals surface area contributed by atoms with Crippen molar-refractivity contribution in [1.29, 1.82) is 0 Å². The van der Waals surface area contributed by atoms with Gasteiger partial charge in [0.05, 0.1) is 10.0 Å². The second-order valence-electron chi connectivity index (χ2n) is 6.68. The van der Waals surface area contributed by atoms with Crippen molar-refractivity contribution in [2.45, 2.75) is 42.0 Å². The van der Waals surface area contributed by atoms with Crippen molar-refractivity contribution in [2.75, 3.05) is 6.54 Å². The molecule has 1 aliphatic rings. The molecule has 2 atom stereocenters. The molecular weight excluding hydrogens is 497 g/mol. The molecule has 2 unspecified atom stereocenters. The number of benzene rings is 1. The predicted octanol–water partition coefficient (Wildman–Crippen LogP) is 5.97. The van der Waals surface area contributed by atoms with Gasteiger partial charge in [0.25, 0.3) is 0 Å². The zero-order valence-electron chi connectivity index (χ0n) is 14.9. The third kappa shape index (κ3) is 6.24. The zero-order valence-corrected chi connectivity index (χ0v) is 16.5. The Labute approximate surface area is 173 Å². The van der Waals surface area contributed by atoms with E-state index in [1.807, 2.05) is 0 Å². The summed E-state index contributed by atoms with van der Waals surface area (Å²) in [4.78, 5) is 0.815. The number of aliphatic hydroxyl groups is 1. The quantitative estimate of drug-likeness (QED) is 0.299. The van der Waals surface area contributed by atoms with Crippen LogP contribution in [0.15, 0.2) is 48.1 Å². The van der Waals surface area contributed by atoms with Gasteiger partial charge < -0.3 is 5.11 Å². The number of hydrogen-bond acceptors (Lipinski definition) is 2. The molecule has 0 spiro atoms. The van der Waals surface area contributed by atoms with Crippen LogP contribution in [0.1, 0.15) is 17.5 Å². The third-order valence-corrected chi connectivity index (χ3v) is 5.42. The van der Waals surface area contributed by atoms with Gasteiger partial charge in [0.15, 0.2) is 6.10 Å². The molecule has 1 aliphatic carbocycles. The van der Waals surface area contributed by atoms with Crippen molar-refractivity contribution in [1.82, 2.24) is 4.90 Å². The van der Waals surface area contributed by atoms with Crippen LogP contribution in [0.4, 0.5) is 39.5 Å². The molecule has 0 aliphatic heterocycles. The summed E-state index contributed by atoms with van der Waals surface area (Å²) in [5.74, 6) is 0. The summed E-state index contributed by atoms with van der Waals surface area (Å²) >= 11 is 3.00. The first-order valence-electron chi connectivity index (χ1n) is 8.33. The maximum Gasteiger partial charge on any atom is 0.416 e. The topological polar surface area (TPSA) is 23.5 Å². The Morgan fingerprint density at radius 1 is 1.03 bits per heavy atom. The van der Waals surface area contributed by atoms with Crippen molar-refractivity contribution in [3.63, 3.8) is 0 Å². The fourth-order valence-electron chi connectivity index (χ4n) is 2.83. The van der Waals surface area contributed by atoms with Gasteiger partial charge in [-0.1, -0.05) is 52.4 Å². The van der Waals surface area contributed by atoms with Crippen LogP contribution in [0.25, 0.3) is 0 Å². The molecule has 2 rings (SSSR count). The molecule has 0 bridgehead atoms. The van der Waals surface area contributed by atoms with Crippen molar-refractivity contribution in [3.8, 4) is 0 Å². The Balaban J connectivity index is 2.39. The van der Waals surface area contributed by atoms with Gasteiger partial charge in [-0.05, 0) is 11.6 Å². The number of nitrogens with zero attached hydrogens (tertiary/aromatic N) is 1. The fourth-order valence-corrected chi connectivity index (χ4v) is 3.56. The normalized spacial score (nSPS) is 21.7. The summed E-state index contributed by atoms with van der Waals surface area (Å²) in [6.45, 7) is -1.75. The summed E-state index contributed by atoms with van der Waals surface area (Å²) in [6.07, 6.45) is -15.4. The van der Waals surface area contributed by atoms with Gasteiger partial charge >= 0.3 is 18.5 Å². The largest absolute Gasteiger partial charge is 0.416 e. The summed E-state index contributed by atoms with van der Waals surface area (Å²) in [7, 11) is 0. The van der Waals surface area contributed by atoms with E-state index in [1.54, 1.807) is 0 Å². The number of halogens is 10. The van der Waals surface area contributed by atoms with Crippen LogP contribution in [0, 0.1) is 0 Å². The number of hydrogen-bond donors (Lipinski definition) is 1. The lowest BCUT2D eigenvalue weighted by atomic mass is 9.97. The van der Waals surface area contributed by atoms with Crippen LogP contribution in [0.5, 0.6) is 0 Å². The molecule has 0 heterocycles. The van der Waals surface area contributed by atoms with E-state index < -0.39 is 59.7 Å². The maximum atomic E-state index is 13.1. The highest BCUT2D eigenvalue weighted by Gasteiger charge is 2.46. The summed E-state index contributed by atoms with van der Waals surface area (Å²) in [5, 5.41) is 9.46. The molecule has 168 valence electrons. The number of alkyl halides is 10. The zero-order chi connectivity index (χ0) is 23.0. The summed E-state index contributed by atoms with van der Waals surface area (Å²) in [6, 6.07) is 3.69. The highest BCUT2D eigenvalue weighted by atomic mass is 79.9. The SMILES string of the molecule is OC(CN(Cc1cccc(C(F)(F)F)c1)C1(Br)C=CC=C(C(F)(F)F)C1)C(F)(F)F. The highest BCUT2D eigenvalue weighted by molar-refractivity contribution is 9.10. The maximum absolute atomic E-state index is 13.1. The Bertz CT molecular complexity index is 813. The molecular formula is C18H15BrF9NO. The Morgan fingerprint density at radius 3 is 2.20 bits per heavy atom. The molecule has 0 amide bonds. The number of rotatable bonds is 5. The van der Waals surface area contributed by atoms with Crippen LogP contribution in [-0.4, -0.2) is 39.5 Å². The molecule has 0 saturated carbocycles. The third-order valence-electron chi connectivity index (χ3n) is 4.38. The summed E-state index contributed by atoms with van der Waals surface area (Å²) < 4.78 is 115. The van der Waals surface area contributed by atoms with Crippen LogP contribution in [0.2, 0.25) is 0 Å². The first kappa shape index (κ1) is 24.7. The Kier molecular flexibility index (Phi) is 7.04. The molecule has 1 N–H and O–H groups in total. The van der Waals surface area contributed by atoms with E-state index in [0.717, 1.165) is 35.3 Å². The lowest BCUT2D eigenvalue weighted by molar-refractivity contribution is -0.210. The van der Waals surface area contributed by atoms with Crippen molar-refractivity contribution in [2.24, 2.45) is 0 Å². The Morgan fingerprint density at radius 2 is 1.67 bits per heavy atom. The first-order chi connectivity index (χ1) is 13.5.